The number of nitrogens with zero attached hydrogens (tertiary/aromatic N) is 1. The highest BCUT2D eigenvalue weighted by Crippen LogP contribution is 2.15. The molecule has 6 nitrogen and oxygen atoms in total. The monoisotopic (exact) mass is 276 g/mol. The molecule has 0 aromatic carbocycles. The molecule has 2 rings (SSSR count). The van der Waals surface area contributed by atoms with Gasteiger partial charge in [-0.1, -0.05) is 0 Å². The lowest BCUT2D eigenvalue weighted by Gasteiger charge is -2.04. The molecule has 0 bridgehead atoms. The molecule has 2 aromatic heterocycles. The van der Waals surface area contributed by atoms with Crippen molar-refractivity contribution in [2.45, 2.75) is 20.0 Å². The predicted molar refractivity (Wildman–Crippen MR) is 71.7 cm³/mol. The minimum absolute atomic E-state index is 0.00706. The lowest BCUT2D eigenvalue weighted by Crippen LogP contribution is -2.12. The van der Waals surface area contributed by atoms with E-state index in [1.807, 2.05) is 12.1 Å². The average molecular weight is 276 g/mol. The van der Waals surface area contributed by atoms with Gasteiger partial charge in [-0.05, 0) is 24.6 Å². The molecule has 2 N–H and O–H groups in total. The summed E-state index contributed by atoms with van der Waals surface area (Å²) in [6.45, 7) is 2.78. The number of rotatable bonds is 6. The Labute approximate surface area is 116 Å². The summed E-state index contributed by atoms with van der Waals surface area (Å²) in [6.07, 6.45) is 1.68. The number of hydrogen-bond acceptors (Lipinski definition) is 5. The number of carboxylic acid groups (broad SMARTS) is 1. The second-order valence-electron chi connectivity index (χ2n) is 4.34. The normalized spacial score (nSPS) is 10.5. The molecule has 0 atom stereocenters. The molecule has 106 valence electrons. The van der Waals surface area contributed by atoms with E-state index in [-0.39, 0.29) is 5.76 Å². The Bertz CT molecular complexity index is 607. The maximum absolute atomic E-state index is 10.9. The molecule has 2 heterocycles. The van der Waals surface area contributed by atoms with Gasteiger partial charge in [-0.3, -0.25) is 0 Å². The summed E-state index contributed by atoms with van der Waals surface area (Å²) in [4.78, 5) is 14.9. The Morgan fingerprint density at radius 2 is 2.25 bits per heavy atom. The number of ether oxygens (including phenoxy) is 1. The van der Waals surface area contributed by atoms with Gasteiger partial charge >= 0.3 is 5.97 Å². The number of furan rings is 1. The standard InChI is InChI=1S/C14H16N2O4/c1-9-5-11(20-13(9)14(17)18)8-15-7-10-3-4-16-12(6-10)19-2/h3-6,15H,7-8H2,1-2H3,(H,17,18). The van der Waals surface area contributed by atoms with E-state index in [0.29, 0.717) is 30.3 Å². The van der Waals surface area contributed by atoms with Crippen molar-refractivity contribution in [3.05, 3.63) is 47.0 Å². The van der Waals surface area contributed by atoms with Crippen LogP contribution in [0, 0.1) is 6.92 Å². The molecule has 0 spiro atoms. The maximum Gasteiger partial charge on any atom is 0.372 e. The summed E-state index contributed by atoms with van der Waals surface area (Å²) in [5, 5.41) is 12.1. The summed E-state index contributed by atoms with van der Waals surface area (Å²) >= 11 is 0. The molecule has 2 aromatic rings. The Morgan fingerprint density at radius 1 is 1.45 bits per heavy atom. The highest BCUT2D eigenvalue weighted by Gasteiger charge is 2.13. The van der Waals surface area contributed by atoms with Crippen LogP contribution in [-0.2, 0) is 13.1 Å². The van der Waals surface area contributed by atoms with Crippen LogP contribution in [0.1, 0.15) is 27.4 Å². The van der Waals surface area contributed by atoms with Crippen LogP contribution < -0.4 is 10.1 Å². The van der Waals surface area contributed by atoms with Gasteiger partial charge in [-0.25, -0.2) is 9.78 Å². The highest BCUT2D eigenvalue weighted by molar-refractivity contribution is 5.86. The van der Waals surface area contributed by atoms with Crippen LogP contribution in [0.5, 0.6) is 5.88 Å². The van der Waals surface area contributed by atoms with Crippen molar-refractivity contribution >= 4 is 5.97 Å². The summed E-state index contributed by atoms with van der Waals surface area (Å²) < 4.78 is 10.3. The molecule has 6 heteroatoms. The summed E-state index contributed by atoms with van der Waals surface area (Å²) in [5.41, 5.74) is 1.65. The third-order valence-electron chi connectivity index (χ3n) is 2.80. The quantitative estimate of drug-likeness (QED) is 0.839. The van der Waals surface area contributed by atoms with Gasteiger partial charge in [-0.15, -0.1) is 0 Å². The number of aryl methyl sites for hydroxylation is 1. The Balaban J connectivity index is 1.92. The highest BCUT2D eigenvalue weighted by atomic mass is 16.5. The van der Waals surface area contributed by atoms with Crippen molar-refractivity contribution < 1.29 is 19.1 Å². The zero-order valence-corrected chi connectivity index (χ0v) is 11.3. The van der Waals surface area contributed by atoms with Crippen molar-refractivity contribution in [2.75, 3.05) is 7.11 Å². The van der Waals surface area contributed by atoms with Crippen LogP contribution in [0.15, 0.2) is 28.8 Å². The maximum atomic E-state index is 10.9. The summed E-state index contributed by atoms with van der Waals surface area (Å²) in [6, 6.07) is 5.44. The summed E-state index contributed by atoms with van der Waals surface area (Å²) in [7, 11) is 1.57. The molecule has 0 aliphatic rings. The topological polar surface area (TPSA) is 84.6 Å². The van der Waals surface area contributed by atoms with Crippen molar-refractivity contribution in [3.8, 4) is 5.88 Å². The van der Waals surface area contributed by atoms with Gasteiger partial charge < -0.3 is 19.6 Å². The van der Waals surface area contributed by atoms with E-state index in [4.69, 9.17) is 14.3 Å². The number of methoxy groups -OCH3 is 1. The molecule has 0 saturated heterocycles. The molecular weight excluding hydrogens is 260 g/mol. The molecule has 0 fully saturated rings. The van der Waals surface area contributed by atoms with E-state index >= 15 is 0 Å². The number of hydrogen-bond donors (Lipinski definition) is 2. The molecule has 20 heavy (non-hydrogen) atoms. The molecule has 0 radical (unpaired) electrons. The van der Waals surface area contributed by atoms with E-state index in [9.17, 15) is 4.79 Å². The van der Waals surface area contributed by atoms with E-state index in [2.05, 4.69) is 10.3 Å². The smallest absolute Gasteiger partial charge is 0.372 e. The number of aromatic carboxylic acids is 1. The third-order valence-corrected chi connectivity index (χ3v) is 2.80. The molecule has 0 saturated carbocycles. The lowest BCUT2D eigenvalue weighted by molar-refractivity contribution is 0.0659. The van der Waals surface area contributed by atoms with Gasteiger partial charge in [0.05, 0.1) is 13.7 Å². The van der Waals surface area contributed by atoms with Gasteiger partial charge in [0.15, 0.2) is 0 Å². The first-order chi connectivity index (χ1) is 9.60. The van der Waals surface area contributed by atoms with Crippen LogP contribution in [0.25, 0.3) is 0 Å². The Morgan fingerprint density at radius 3 is 2.90 bits per heavy atom. The number of pyridine rings is 1. The first kappa shape index (κ1) is 14.1. The van der Waals surface area contributed by atoms with Crippen LogP contribution >= 0.6 is 0 Å². The minimum Gasteiger partial charge on any atom is -0.481 e. The second kappa shape index (κ2) is 6.21. The Hall–Kier alpha value is -2.34. The Kier molecular flexibility index (Phi) is 4.37. The molecule has 0 aliphatic heterocycles. The van der Waals surface area contributed by atoms with Gasteiger partial charge in [0.25, 0.3) is 0 Å². The first-order valence-electron chi connectivity index (χ1n) is 6.12. The number of carboxylic acids is 1. The minimum atomic E-state index is -1.05. The van der Waals surface area contributed by atoms with Crippen LogP contribution in [0.4, 0.5) is 0 Å². The molecule has 0 unspecified atom stereocenters. The second-order valence-corrected chi connectivity index (χ2v) is 4.34. The summed E-state index contributed by atoms with van der Waals surface area (Å²) in [5.74, 6) is 0.104. The SMILES string of the molecule is COc1cc(CNCc2cc(C)c(C(=O)O)o2)ccn1. The van der Waals surface area contributed by atoms with Crippen LogP contribution in [-0.4, -0.2) is 23.2 Å². The van der Waals surface area contributed by atoms with E-state index in [1.165, 1.54) is 0 Å². The molecular formula is C14H16N2O4. The van der Waals surface area contributed by atoms with Gasteiger partial charge in [0.1, 0.15) is 5.76 Å². The number of nitrogens with one attached hydrogen (secondary N) is 1. The largest absolute Gasteiger partial charge is 0.481 e. The average Bonchev–Trinajstić information content (AvgIpc) is 2.80. The zero-order chi connectivity index (χ0) is 14.5. The molecule has 0 aliphatic carbocycles. The fourth-order valence-electron chi connectivity index (χ4n) is 1.85. The van der Waals surface area contributed by atoms with Crippen molar-refractivity contribution in [1.29, 1.82) is 0 Å². The molecule has 0 amide bonds. The van der Waals surface area contributed by atoms with E-state index in [1.54, 1.807) is 26.3 Å². The van der Waals surface area contributed by atoms with Gasteiger partial charge in [-0.2, -0.15) is 0 Å². The van der Waals surface area contributed by atoms with Crippen molar-refractivity contribution in [3.63, 3.8) is 0 Å². The van der Waals surface area contributed by atoms with Crippen molar-refractivity contribution in [1.82, 2.24) is 10.3 Å². The van der Waals surface area contributed by atoms with Crippen LogP contribution in [0.2, 0.25) is 0 Å². The van der Waals surface area contributed by atoms with E-state index < -0.39 is 5.97 Å². The lowest BCUT2D eigenvalue weighted by atomic mass is 10.2. The fourth-order valence-corrected chi connectivity index (χ4v) is 1.85. The van der Waals surface area contributed by atoms with Gasteiger partial charge in [0, 0.05) is 24.4 Å². The zero-order valence-electron chi connectivity index (χ0n) is 11.3. The third kappa shape index (κ3) is 3.36. The number of aromatic nitrogens is 1. The van der Waals surface area contributed by atoms with Crippen molar-refractivity contribution in [2.24, 2.45) is 0 Å². The van der Waals surface area contributed by atoms with Gasteiger partial charge in [0.2, 0.25) is 11.6 Å². The number of carbonyl (C=O) groups is 1. The fraction of sp³-hybridized carbons (Fsp3) is 0.286. The predicted octanol–water partition coefficient (Wildman–Crippen LogP) is 1.98. The van der Waals surface area contributed by atoms with E-state index in [0.717, 1.165) is 5.56 Å². The first-order valence-corrected chi connectivity index (χ1v) is 6.12. The van der Waals surface area contributed by atoms with Crippen LogP contribution in [0.3, 0.4) is 0 Å².